The number of rotatable bonds is 2. The van der Waals surface area contributed by atoms with Crippen LogP contribution in [0.4, 0.5) is 18.9 Å². The number of carbonyl (C=O) groups excluding carboxylic acids is 2. The monoisotopic (exact) mass is 291 g/mol. The van der Waals surface area contributed by atoms with Crippen LogP contribution in [-0.4, -0.2) is 11.7 Å². The standard InChI is InChI=1S/C15H8F3NO2/c16-9-2-3-10-13(6-9)19(15(21)14(10)20)7-8-1-4-11(17)12(18)5-8/h1-6H,7H2. The van der Waals surface area contributed by atoms with Crippen molar-refractivity contribution in [3.63, 3.8) is 0 Å². The first-order valence-corrected chi connectivity index (χ1v) is 6.07. The second-order valence-corrected chi connectivity index (χ2v) is 4.63. The third kappa shape index (κ3) is 2.18. The average molecular weight is 291 g/mol. The highest BCUT2D eigenvalue weighted by Crippen LogP contribution is 2.31. The van der Waals surface area contributed by atoms with Crippen LogP contribution in [0.25, 0.3) is 0 Å². The number of Topliss-reactive ketones (excluding diaryl/α,β-unsaturated/α-hetero) is 1. The Hall–Kier alpha value is -2.63. The Morgan fingerprint density at radius 2 is 1.67 bits per heavy atom. The van der Waals surface area contributed by atoms with Crippen molar-refractivity contribution in [3.8, 4) is 0 Å². The van der Waals surface area contributed by atoms with Crippen molar-refractivity contribution in [1.82, 2.24) is 0 Å². The van der Waals surface area contributed by atoms with Crippen LogP contribution in [0, 0.1) is 17.5 Å². The SMILES string of the molecule is O=C1C(=O)N(Cc2ccc(F)c(F)c2)c2cc(F)ccc21. The minimum absolute atomic E-state index is 0.101. The van der Waals surface area contributed by atoms with Crippen LogP contribution in [0.2, 0.25) is 0 Å². The summed E-state index contributed by atoms with van der Waals surface area (Å²) >= 11 is 0. The van der Waals surface area contributed by atoms with Crippen molar-refractivity contribution in [2.45, 2.75) is 6.54 Å². The molecule has 0 aliphatic carbocycles. The highest BCUT2D eigenvalue weighted by atomic mass is 19.2. The Labute approximate surface area is 117 Å². The predicted octanol–water partition coefficient (Wildman–Crippen LogP) is 2.83. The smallest absolute Gasteiger partial charge is 0.299 e. The Balaban J connectivity index is 1.99. The Morgan fingerprint density at radius 1 is 0.905 bits per heavy atom. The summed E-state index contributed by atoms with van der Waals surface area (Å²) < 4.78 is 39.4. The zero-order valence-corrected chi connectivity index (χ0v) is 10.6. The summed E-state index contributed by atoms with van der Waals surface area (Å²) in [5, 5.41) is 0. The van der Waals surface area contributed by atoms with Gasteiger partial charge in [0.05, 0.1) is 17.8 Å². The Bertz CT molecular complexity index is 774. The number of hydrogen-bond acceptors (Lipinski definition) is 2. The average Bonchev–Trinajstić information content (AvgIpc) is 2.68. The van der Waals surface area contributed by atoms with E-state index in [4.69, 9.17) is 0 Å². The van der Waals surface area contributed by atoms with E-state index < -0.39 is 29.1 Å². The third-order valence-electron chi connectivity index (χ3n) is 3.26. The van der Waals surface area contributed by atoms with Crippen molar-refractivity contribution >= 4 is 17.4 Å². The topological polar surface area (TPSA) is 37.4 Å². The molecule has 0 aromatic heterocycles. The van der Waals surface area contributed by atoms with Crippen LogP contribution in [0.5, 0.6) is 0 Å². The van der Waals surface area contributed by atoms with Gasteiger partial charge in [-0.3, -0.25) is 9.59 Å². The number of halogens is 3. The number of anilines is 1. The van der Waals surface area contributed by atoms with Crippen LogP contribution < -0.4 is 4.90 Å². The van der Waals surface area contributed by atoms with Gasteiger partial charge in [-0.15, -0.1) is 0 Å². The van der Waals surface area contributed by atoms with E-state index in [0.717, 1.165) is 29.2 Å². The van der Waals surface area contributed by atoms with E-state index in [9.17, 15) is 22.8 Å². The Morgan fingerprint density at radius 3 is 2.38 bits per heavy atom. The maximum atomic E-state index is 13.3. The largest absolute Gasteiger partial charge is 0.300 e. The number of benzene rings is 2. The highest BCUT2D eigenvalue weighted by molar-refractivity contribution is 6.52. The van der Waals surface area contributed by atoms with Crippen LogP contribution in [0.15, 0.2) is 36.4 Å². The molecule has 0 spiro atoms. The van der Waals surface area contributed by atoms with Gasteiger partial charge in [-0.25, -0.2) is 13.2 Å². The molecule has 1 aliphatic heterocycles. The van der Waals surface area contributed by atoms with Gasteiger partial charge in [0.2, 0.25) is 0 Å². The van der Waals surface area contributed by atoms with E-state index >= 15 is 0 Å². The normalized spacial score (nSPS) is 13.8. The maximum absolute atomic E-state index is 13.3. The molecule has 0 saturated carbocycles. The van der Waals surface area contributed by atoms with E-state index in [1.165, 1.54) is 12.1 Å². The second kappa shape index (κ2) is 4.73. The molecule has 106 valence electrons. The second-order valence-electron chi connectivity index (χ2n) is 4.63. The lowest BCUT2D eigenvalue weighted by Gasteiger charge is -2.16. The molecule has 6 heteroatoms. The molecule has 1 amide bonds. The van der Waals surface area contributed by atoms with E-state index in [0.29, 0.717) is 5.56 Å². The fourth-order valence-electron chi connectivity index (χ4n) is 2.24. The first-order valence-electron chi connectivity index (χ1n) is 6.07. The molecule has 0 bridgehead atoms. The molecular formula is C15H8F3NO2. The molecule has 0 fully saturated rings. The lowest BCUT2D eigenvalue weighted by molar-refractivity contribution is -0.114. The number of nitrogens with zero attached hydrogens (tertiary/aromatic N) is 1. The molecule has 2 aromatic rings. The molecular weight excluding hydrogens is 283 g/mol. The zero-order chi connectivity index (χ0) is 15.1. The molecule has 0 saturated heterocycles. The summed E-state index contributed by atoms with van der Waals surface area (Å²) in [6.07, 6.45) is 0. The van der Waals surface area contributed by atoms with Gasteiger partial charge in [0.15, 0.2) is 11.6 Å². The predicted molar refractivity (Wildman–Crippen MR) is 68.3 cm³/mol. The molecule has 21 heavy (non-hydrogen) atoms. The fourth-order valence-corrected chi connectivity index (χ4v) is 2.24. The molecule has 3 rings (SSSR count). The molecule has 0 atom stereocenters. The molecule has 2 aromatic carbocycles. The van der Waals surface area contributed by atoms with Crippen molar-refractivity contribution < 1.29 is 22.8 Å². The quantitative estimate of drug-likeness (QED) is 0.798. The number of amides is 1. The van der Waals surface area contributed by atoms with Crippen LogP contribution in [-0.2, 0) is 11.3 Å². The summed E-state index contributed by atoms with van der Waals surface area (Å²) in [6, 6.07) is 6.55. The van der Waals surface area contributed by atoms with Gasteiger partial charge in [0.25, 0.3) is 11.7 Å². The third-order valence-corrected chi connectivity index (χ3v) is 3.26. The van der Waals surface area contributed by atoms with Crippen LogP contribution >= 0.6 is 0 Å². The van der Waals surface area contributed by atoms with E-state index in [1.807, 2.05) is 0 Å². The van der Waals surface area contributed by atoms with E-state index in [-0.39, 0.29) is 17.8 Å². The lowest BCUT2D eigenvalue weighted by Crippen LogP contribution is -2.29. The van der Waals surface area contributed by atoms with Crippen LogP contribution in [0.1, 0.15) is 15.9 Å². The van der Waals surface area contributed by atoms with Crippen molar-refractivity contribution in [2.24, 2.45) is 0 Å². The summed E-state index contributed by atoms with van der Waals surface area (Å²) in [4.78, 5) is 24.7. The summed E-state index contributed by atoms with van der Waals surface area (Å²) in [5.41, 5.74) is 0.533. The minimum Gasteiger partial charge on any atom is -0.300 e. The molecule has 1 aliphatic rings. The van der Waals surface area contributed by atoms with E-state index in [2.05, 4.69) is 0 Å². The zero-order valence-electron chi connectivity index (χ0n) is 10.6. The van der Waals surface area contributed by atoms with Gasteiger partial charge in [0, 0.05) is 0 Å². The molecule has 0 unspecified atom stereocenters. The van der Waals surface area contributed by atoms with Gasteiger partial charge in [-0.05, 0) is 35.9 Å². The fraction of sp³-hybridized carbons (Fsp3) is 0.0667. The van der Waals surface area contributed by atoms with Gasteiger partial charge in [-0.2, -0.15) is 0 Å². The minimum atomic E-state index is -1.05. The van der Waals surface area contributed by atoms with Gasteiger partial charge in [0.1, 0.15) is 5.82 Å². The van der Waals surface area contributed by atoms with Crippen molar-refractivity contribution in [2.75, 3.05) is 4.90 Å². The first-order chi connectivity index (χ1) is 9.97. The molecule has 1 heterocycles. The summed E-state index contributed by atoms with van der Waals surface area (Å²) in [5.74, 6) is -4.21. The maximum Gasteiger partial charge on any atom is 0.299 e. The van der Waals surface area contributed by atoms with Gasteiger partial charge in [-0.1, -0.05) is 6.07 Å². The van der Waals surface area contributed by atoms with Gasteiger partial charge >= 0.3 is 0 Å². The number of fused-ring (bicyclic) bond motifs is 1. The summed E-state index contributed by atoms with van der Waals surface area (Å²) in [6.45, 7) is -0.141. The summed E-state index contributed by atoms with van der Waals surface area (Å²) in [7, 11) is 0. The number of hydrogen-bond donors (Lipinski definition) is 0. The van der Waals surface area contributed by atoms with Crippen LogP contribution in [0.3, 0.4) is 0 Å². The first kappa shape index (κ1) is 13.4. The van der Waals surface area contributed by atoms with E-state index in [1.54, 1.807) is 0 Å². The van der Waals surface area contributed by atoms with Crippen molar-refractivity contribution in [3.05, 3.63) is 65.0 Å². The Kier molecular flexibility index (Phi) is 3.01. The van der Waals surface area contributed by atoms with Gasteiger partial charge < -0.3 is 4.90 Å². The number of carbonyl (C=O) groups is 2. The number of ketones is 1. The molecule has 0 N–H and O–H groups in total. The lowest BCUT2D eigenvalue weighted by atomic mass is 10.1. The molecule has 0 radical (unpaired) electrons. The molecule has 3 nitrogen and oxygen atoms in total. The van der Waals surface area contributed by atoms with Crippen molar-refractivity contribution in [1.29, 1.82) is 0 Å². The highest BCUT2D eigenvalue weighted by Gasteiger charge is 2.36.